The minimum Gasteiger partial charge on any atom is -0.490 e. The van der Waals surface area contributed by atoms with Gasteiger partial charge in [-0.25, -0.2) is 9.07 Å². The molecule has 36 heavy (non-hydrogen) atoms. The molecular formula is C26H30FN5O3S. The number of ether oxygens (including phenoxy) is 2. The van der Waals surface area contributed by atoms with Crippen LogP contribution in [-0.2, 0) is 11.4 Å². The number of fused-ring (bicyclic) bond motifs is 1. The number of hydrogen-bond acceptors (Lipinski definition) is 7. The SMILES string of the molecule is CCCCSc1nc2n(n1)C(c1ccc(OCc3ccccc3F)c(OCC)c1)C(C(N)=O)=C(C)N2. The minimum absolute atomic E-state index is 0.0521. The van der Waals surface area contributed by atoms with Gasteiger partial charge in [0.1, 0.15) is 18.5 Å². The number of halogens is 1. The van der Waals surface area contributed by atoms with E-state index in [2.05, 4.69) is 22.3 Å². The van der Waals surface area contributed by atoms with E-state index in [9.17, 15) is 9.18 Å². The predicted octanol–water partition coefficient (Wildman–Crippen LogP) is 5.06. The highest BCUT2D eigenvalue weighted by Crippen LogP contribution is 2.39. The molecule has 0 bridgehead atoms. The smallest absolute Gasteiger partial charge is 0.248 e. The number of rotatable bonds is 11. The second-order valence-electron chi connectivity index (χ2n) is 8.31. The summed E-state index contributed by atoms with van der Waals surface area (Å²) in [5, 5.41) is 8.47. The number of aromatic nitrogens is 3. The van der Waals surface area contributed by atoms with E-state index in [-0.39, 0.29) is 12.4 Å². The van der Waals surface area contributed by atoms with Crippen molar-refractivity contribution >= 4 is 23.6 Å². The zero-order valence-electron chi connectivity index (χ0n) is 20.6. The van der Waals surface area contributed by atoms with Crippen LogP contribution in [0.15, 0.2) is 58.9 Å². The highest BCUT2D eigenvalue weighted by atomic mass is 32.2. The molecular weight excluding hydrogens is 481 g/mol. The van der Waals surface area contributed by atoms with Crippen molar-refractivity contribution in [1.29, 1.82) is 0 Å². The van der Waals surface area contributed by atoms with Gasteiger partial charge in [-0.3, -0.25) is 4.79 Å². The van der Waals surface area contributed by atoms with Crippen LogP contribution >= 0.6 is 11.8 Å². The Morgan fingerprint density at radius 2 is 2.00 bits per heavy atom. The van der Waals surface area contributed by atoms with Crippen LogP contribution in [0.2, 0.25) is 0 Å². The van der Waals surface area contributed by atoms with Gasteiger partial charge in [-0.05, 0) is 44.0 Å². The molecule has 4 rings (SSSR count). The first-order valence-corrected chi connectivity index (χ1v) is 12.9. The summed E-state index contributed by atoms with van der Waals surface area (Å²) in [5.74, 6) is 1.50. The molecule has 0 radical (unpaired) electrons. The Balaban J connectivity index is 1.69. The van der Waals surface area contributed by atoms with Gasteiger partial charge in [-0.2, -0.15) is 4.98 Å². The molecule has 0 fully saturated rings. The number of primary amides is 1. The molecule has 0 saturated heterocycles. The fraction of sp³-hybridized carbons (Fsp3) is 0.346. The molecule has 10 heteroatoms. The number of carbonyl (C=O) groups is 1. The minimum atomic E-state index is -0.591. The summed E-state index contributed by atoms with van der Waals surface area (Å²) >= 11 is 1.57. The van der Waals surface area contributed by atoms with E-state index in [1.165, 1.54) is 6.07 Å². The number of unbranched alkanes of at least 4 members (excludes halogenated alkanes) is 1. The van der Waals surface area contributed by atoms with Gasteiger partial charge in [-0.15, -0.1) is 5.10 Å². The van der Waals surface area contributed by atoms with Crippen LogP contribution in [0.4, 0.5) is 10.3 Å². The predicted molar refractivity (Wildman–Crippen MR) is 138 cm³/mol. The van der Waals surface area contributed by atoms with Crippen molar-refractivity contribution in [3.8, 4) is 11.5 Å². The fourth-order valence-electron chi connectivity index (χ4n) is 3.98. The number of anilines is 1. The zero-order valence-corrected chi connectivity index (χ0v) is 21.4. The fourth-order valence-corrected chi connectivity index (χ4v) is 4.89. The largest absolute Gasteiger partial charge is 0.490 e. The van der Waals surface area contributed by atoms with Crippen LogP contribution in [0, 0.1) is 5.82 Å². The van der Waals surface area contributed by atoms with Crippen molar-refractivity contribution in [2.24, 2.45) is 5.73 Å². The Labute approximate surface area is 214 Å². The maximum absolute atomic E-state index is 14.1. The first kappa shape index (κ1) is 25.6. The van der Waals surface area contributed by atoms with E-state index in [0.29, 0.717) is 46.0 Å². The number of nitrogens with zero attached hydrogens (tertiary/aromatic N) is 3. The molecule has 3 N–H and O–H groups in total. The normalized spacial score (nSPS) is 14.8. The second-order valence-corrected chi connectivity index (χ2v) is 9.38. The van der Waals surface area contributed by atoms with Gasteiger partial charge in [0.15, 0.2) is 11.5 Å². The molecule has 1 atom stereocenters. The summed E-state index contributed by atoms with van der Waals surface area (Å²) in [5.41, 5.74) is 8.00. The van der Waals surface area contributed by atoms with E-state index in [0.717, 1.165) is 24.2 Å². The molecule has 190 valence electrons. The molecule has 1 aliphatic heterocycles. The Bertz CT molecular complexity index is 1280. The Kier molecular flexibility index (Phi) is 8.14. The molecule has 0 aliphatic carbocycles. The molecule has 1 amide bonds. The van der Waals surface area contributed by atoms with Gasteiger partial charge < -0.3 is 20.5 Å². The third kappa shape index (κ3) is 5.48. The van der Waals surface area contributed by atoms with Gasteiger partial charge in [-0.1, -0.05) is 49.4 Å². The number of nitrogens with two attached hydrogens (primary N) is 1. The number of allylic oxidation sites excluding steroid dienone is 1. The Morgan fingerprint density at radius 1 is 1.19 bits per heavy atom. The monoisotopic (exact) mass is 511 g/mol. The lowest BCUT2D eigenvalue weighted by Gasteiger charge is -2.28. The van der Waals surface area contributed by atoms with Gasteiger partial charge in [0.25, 0.3) is 0 Å². The summed E-state index contributed by atoms with van der Waals surface area (Å²) in [6.07, 6.45) is 2.14. The molecule has 0 saturated carbocycles. The molecule has 1 aromatic heterocycles. The number of benzene rings is 2. The topological polar surface area (TPSA) is 104 Å². The molecule has 1 aliphatic rings. The van der Waals surface area contributed by atoms with E-state index in [1.54, 1.807) is 47.6 Å². The average molecular weight is 512 g/mol. The van der Waals surface area contributed by atoms with Crippen molar-refractivity contribution < 1.29 is 18.7 Å². The van der Waals surface area contributed by atoms with Crippen LogP contribution in [0.5, 0.6) is 11.5 Å². The summed E-state index contributed by atoms with van der Waals surface area (Å²) < 4.78 is 27.5. The Morgan fingerprint density at radius 3 is 2.72 bits per heavy atom. The highest BCUT2D eigenvalue weighted by molar-refractivity contribution is 7.99. The number of thioether (sulfide) groups is 1. The standard InChI is InChI=1S/C26H30FN5O3S/c1-4-6-13-36-26-30-25-29-16(3)22(24(28)33)23(32(25)31-26)17-11-12-20(21(14-17)34-5-2)35-15-18-9-7-8-10-19(18)27/h7-12,14,23H,4-6,13,15H2,1-3H3,(H2,28,33)(H,29,30,31). The summed E-state index contributed by atoms with van der Waals surface area (Å²) in [4.78, 5) is 17.1. The Hall–Kier alpha value is -3.53. The van der Waals surface area contributed by atoms with E-state index >= 15 is 0 Å². The quantitative estimate of drug-likeness (QED) is 0.274. The van der Waals surface area contributed by atoms with Crippen LogP contribution in [0.3, 0.4) is 0 Å². The van der Waals surface area contributed by atoms with Crippen molar-refractivity contribution in [2.45, 2.75) is 51.4 Å². The van der Waals surface area contributed by atoms with Crippen LogP contribution < -0.4 is 20.5 Å². The first-order valence-electron chi connectivity index (χ1n) is 11.9. The van der Waals surface area contributed by atoms with E-state index in [1.807, 2.05) is 19.1 Å². The lowest BCUT2D eigenvalue weighted by atomic mass is 9.95. The van der Waals surface area contributed by atoms with Gasteiger partial charge in [0, 0.05) is 17.0 Å². The zero-order chi connectivity index (χ0) is 25.7. The van der Waals surface area contributed by atoms with Gasteiger partial charge in [0.05, 0.1) is 12.2 Å². The molecule has 8 nitrogen and oxygen atoms in total. The summed E-state index contributed by atoms with van der Waals surface area (Å²) in [6, 6.07) is 11.3. The number of nitrogens with one attached hydrogen (secondary N) is 1. The third-order valence-electron chi connectivity index (χ3n) is 5.75. The van der Waals surface area contributed by atoms with Crippen molar-refractivity contribution in [2.75, 3.05) is 17.7 Å². The average Bonchev–Trinajstić information content (AvgIpc) is 3.25. The molecule has 3 aromatic rings. The first-order chi connectivity index (χ1) is 17.4. The molecule has 1 unspecified atom stereocenters. The lowest BCUT2D eigenvalue weighted by Crippen LogP contribution is -2.31. The maximum Gasteiger partial charge on any atom is 0.248 e. The molecule has 2 aromatic carbocycles. The third-order valence-corrected chi connectivity index (χ3v) is 6.68. The van der Waals surface area contributed by atoms with Crippen molar-refractivity contribution in [1.82, 2.24) is 14.8 Å². The van der Waals surface area contributed by atoms with Crippen LogP contribution in [-0.4, -0.2) is 33.0 Å². The summed E-state index contributed by atoms with van der Waals surface area (Å²) in [7, 11) is 0. The van der Waals surface area contributed by atoms with Crippen LogP contribution in [0.25, 0.3) is 0 Å². The van der Waals surface area contributed by atoms with Crippen molar-refractivity contribution in [3.63, 3.8) is 0 Å². The van der Waals surface area contributed by atoms with Crippen molar-refractivity contribution in [3.05, 3.63) is 70.7 Å². The second kappa shape index (κ2) is 11.5. The number of amides is 1. The number of hydrogen-bond donors (Lipinski definition) is 2. The van der Waals surface area contributed by atoms with Crippen LogP contribution in [0.1, 0.15) is 50.8 Å². The highest BCUT2D eigenvalue weighted by Gasteiger charge is 2.34. The molecule has 0 spiro atoms. The maximum atomic E-state index is 14.1. The number of carbonyl (C=O) groups excluding carboxylic acids is 1. The lowest BCUT2D eigenvalue weighted by molar-refractivity contribution is -0.115. The van der Waals surface area contributed by atoms with E-state index < -0.39 is 11.9 Å². The van der Waals surface area contributed by atoms with Gasteiger partial charge >= 0.3 is 0 Å². The van der Waals surface area contributed by atoms with E-state index in [4.69, 9.17) is 15.2 Å². The summed E-state index contributed by atoms with van der Waals surface area (Å²) in [6.45, 7) is 6.25. The van der Waals surface area contributed by atoms with Gasteiger partial charge in [0.2, 0.25) is 17.0 Å². The molecule has 2 heterocycles.